The summed E-state index contributed by atoms with van der Waals surface area (Å²) in [5, 5.41) is 3.23. The molecule has 4 nitrogen and oxygen atoms in total. The number of benzene rings is 1. The highest BCUT2D eigenvalue weighted by molar-refractivity contribution is 7.88. The van der Waals surface area contributed by atoms with Crippen molar-refractivity contribution in [2.75, 3.05) is 31.2 Å². The van der Waals surface area contributed by atoms with E-state index in [-0.39, 0.29) is 5.82 Å². The smallest absolute Gasteiger partial charge is 0.211 e. The van der Waals surface area contributed by atoms with Crippen LogP contribution in [0.25, 0.3) is 0 Å². The summed E-state index contributed by atoms with van der Waals surface area (Å²) in [6.45, 7) is 1.89. The summed E-state index contributed by atoms with van der Waals surface area (Å²) >= 11 is 0. The molecule has 0 amide bonds. The molecule has 1 aromatic carbocycles. The van der Waals surface area contributed by atoms with Crippen LogP contribution in [0.4, 0.5) is 10.1 Å². The third kappa shape index (κ3) is 4.18. The quantitative estimate of drug-likeness (QED) is 0.920. The van der Waals surface area contributed by atoms with Gasteiger partial charge in [0.2, 0.25) is 10.0 Å². The lowest BCUT2D eigenvalue weighted by Crippen LogP contribution is -2.41. The predicted octanol–water partition coefficient (Wildman–Crippen LogP) is 1.91. The number of nitrogens with one attached hydrogen (secondary N) is 1. The molecule has 0 radical (unpaired) electrons. The van der Waals surface area contributed by atoms with Gasteiger partial charge in [0, 0.05) is 25.3 Å². The minimum absolute atomic E-state index is 0.258. The molecule has 1 N–H and O–H groups in total. The van der Waals surface area contributed by atoms with Crippen LogP contribution in [0.2, 0.25) is 0 Å². The zero-order chi connectivity index (χ0) is 13.9. The fourth-order valence-corrected chi connectivity index (χ4v) is 3.27. The van der Waals surface area contributed by atoms with E-state index in [9.17, 15) is 12.8 Å². The fourth-order valence-electron chi connectivity index (χ4n) is 2.32. The molecular formula is C13H19FN2O2S. The molecule has 1 fully saturated rings. The molecule has 106 valence electrons. The second-order valence-corrected chi connectivity index (χ2v) is 7.00. The Kier molecular flexibility index (Phi) is 4.42. The van der Waals surface area contributed by atoms with E-state index in [1.54, 1.807) is 12.1 Å². The Labute approximate surface area is 113 Å². The van der Waals surface area contributed by atoms with Crippen LogP contribution in [-0.2, 0) is 10.0 Å². The normalized spacial score (nSPS) is 21.3. The van der Waals surface area contributed by atoms with Crippen molar-refractivity contribution in [1.29, 1.82) is 0 Å². The Bertz CT molecular complexity index is 516. The molecule has 1 heterocycles. The van der Waals surface area contributed by atoms with Gasteiger partial charge in [0.25, 0.3) is 0 Å². The summed E-state index contributed by atoms with van der Waals surface area (Å²) in [5.74, 6) is 0.0417. The van der Waals surface area contributed by atoms with Gasteiger partial charge in [-0.15, -0.1) is 0 Å². The van der Waals surface area contributed by atoms with Gasteiger partial charge in [0.1, 0.15) is 5.82 Å². The lowest BCUT2D eigenvalue weighted by atomic mass is 9.99. The van der Waals surface area contributed by atoms with Crippen LogP contribution >= 0.6 is 0 Å². The van der Waals surface area contributed by atoms with Gasteiger partial charge in [-0.1, -0.05) is 0 Å². The molecule has 0 aliphatic carbocycles. The lowest BCUT2D eigenvalue weighted by Gasteiger charge is -2.31. The molecule has 0 spiro atoms. The summed E-state index contributed by atoms with van der Waals surface area (Å²) < 4.78 is 37.3. The largest absolute Gasteiger partial charge is 0.385 e. The number of anilines is 1. The van der Waals surface area contributed by atoms with E-state index in [1.807, 2.05) is 0 Å². The monoisotopic (exact) mass is 286 g/mol. The highest BCUT2D eigenvalue weighted by Crippen LogP contribution is 2.19. The second-order valence-electron chi connectivity index (χ2n) is 5.02. The average Bonchev–Trinajstić information content (AvgIpc) is 2.37. The van der Waals surface area contributed by atoms with Crippen LogP contribution in [0.15, 0.2) is 24.3 Å². The number of nitrogens with zero attached hydrogens (tertiary/aromatic N) is 1. The van der Waals surface area contributed by atoms with Crippen LogP contribution < -0.4 is 5.32 Å². The molecule has 19 heavy (non-hydrogen) atoms. The zero-order valence-electron chi connectivity index (χ0n) is 11.0. The third-order valence-electron chi connectivity index (χ3n) is 3.39. The Morgan fingerprint density at radius 3 is 2.68 bits per heavy atom. The first kappa shape index (κ1) is 14.3. The van der Waals surface area contributed by atoms with Crippen molar-refractivity contribution >= 4 is 15.7 Å². The summed E-state index contributed by atoms with van der Waals surface area (Å²) in [6, 6.07) is 6.19. The van der Waals surface area contributed by atoms with Crippen LogP contribution in [0.3, 0.4) is 0 Å². The number of hydrogen-bond donors (Lipinski definition) is 1. The zero-order valence-corrected chi connectivity index (χ0v) is 11.8. The summed E-state index contributed by atoms with van der Waals surface area (Å²) in [6.07, 6.45) is 3.16. The van der Waals surface area contributed by atoms with E-state index >= 15 is 0 Å². The fraction of sp³-hybridized carbons (Fsp3) is 0.538. The Balaban J connectivity index is 1.87. The van der Waals surface area contributed by atoms with Crippen molar-refractivity contribution in [3.05, 3.63) is 30.1 Å². The first-order chi connectivity index (χ1) is 8.95. The van der Waals surface area contributed by atoms with Gasteiger partial charge < -0.3 is 5.32 Å². The minimum Gasteiger partial charge on any atom is -0.385 e. The van der Waals surface area contributed by atoms with E-state index in [0.717, 1.165) is 18.5 Å². The van der Waals surface area contributed by atoms with E-state index in [1.165, 1.54) is 22.7 Å². The second kappa shape index (κ2) is 5.88. The van der Waals surface area contributed by atoms with Gasteiger partial charge in [-0.3, -0.25) is 0 Å². The molecule has 6 heteroatoms. The third-order valence-corrected chi connectivity index (χ3v) is 4.66. The van der Waals surface area contributed by atoms with Gasteiger partial charge >= 0.3 is 0 Å². The Hall–Kier alpha value is -1.14. The van der Waals surface area contributed by atoms with E-state index < -0.39 is 10.0 Å². The van der Waals surface area contributed by atoms with Crippen molar-refractivity contribution < 1.29 is 12.8 Å². The maximum Gasteiger partial charge on any atom is 0.211 e. The van der Waals surface area contributed by atoms with Crippen molar-refractivity contribution in [2.24, 2.45) is 5.92 Å². The van der Waals surface area contributed by atoms with E-state index in [2.05, 4.69) is 5.32 Å². The number of rotatable bonds is 4. The molecule has 1 saturated heterocycles. The Morgan fingerprint density at radius 2 is 2.05 bits per heavy atom. The van der Waals surface area contributed by atoms with Gasteiger partial charge in [-0.05, 0) is 43.0 Å². The molecular weight excluding hydrogens is 267 g/mol. The standard InChI is InChI=1S/C13H19FN2O2S/c1-19(17,18)16-8-2-3-11(10-16)9-15-13-6-4-12(14)5-7-13/h4-7,11,15H,2-3,8-10H2,1H3. The minimum atomic E-state index is -3.09. The molecule has 1 unspecified atom stereocenters. The predicted molar refractivity (Wildman–Crippen MR) is 74.0 cm³/mol. The lowest BCUT2D eigenvalue weighted by molar-refractivity contribution is 0.277. The van der Waals surface area contributed by atoms with Crippen LogP contribution in [0.1, 0.15) is 12.8 Å². The maximum absolute atomic E-state index is 12.8. The maximum atomic E-state index is 12.8. The molecule has 1 aliphatic rings. The first-order valence-electron chi connectivity index (χ1n) is 6.40. The number of hydrogen-bond acceptors (Lipinski definition) is 3. The molecule has 1 aromatic rings. The highest BCUT2D eigenvalue weighted by atomic mass is 32.2. The van der Waals surface area contributed by atoms with Crippen molar-refractivity contribution in [3.8, 4) is 0 Å². The Morgan fingerprint density at radius 1 is 1.37 bits per heavy atom. The van der Waals surface area contributed by atoms with E-state index in [4.69, 9.17) is 0 Å². The van der Waals surface area contributed by atoms with Gasteiger partial charge in [-0.25, -0.2) is 17.1 Å². The van der Waals surface area contributed by atoms with Gasteiger partial charge in [0.15, 0.2) is 0 Å². The first-order valence-corrected chi connectivity index (χ1v) is 8.24. The average molecular weight is 286 g/mol. The highest BCUT2D eigenvalue weighted by Gasteiger charge is 2.25. The van der Waals surface area contributed by atoms with Gasteiger partial charge in [0.05, 0.1) is 6.26 Å². The summed E-state index contributed by atoms with van der Waals surface area (Å²) in [7, 11) is -3.09. The van der Waals surface area contributed by atoms with E-state index in [0.29, 0.717) is 25.6 Å². The molecule has 2 rings (SSSR count). The number of piperidine rings is 1. The van der Waals surface area contributed by atoms with Crippen LogP contribution in [-0.4, -0.2) is 38.6 Å². The van der Waals surface area contributed by atoms with Crippen molar-refractivity contribution in [1.82, 2.24) is 4.31 Å². The van der Waals surface area contributed by atoms with Crippen LogP contribution in [0, 0.1) is 11.7 Å². The summed E-state index contributed by atoms with van der Waals surface area (Å²) in [5.41, 5.74) is 0.859. The molecule has 1 atom stereocenters. The molecule has 1 aliphatic heterocycles. The molecule has 0 aromatic heterocycles. The molecule has 0 saturated carbocycles. The SMILES string of the molecule is CS(=O)(=O)N1CCCC(CNc2ccc(F)cc2)C1. The number of sulfonamides is 1. The van der Waals surface area contributed by atoms with Crippen LogP contribution in [0.5, 0.6) is 0 Å². The summed E-state index contributed by atoms with van der Waals surface area (Å²) in [4.78, 5) is 0. The van der Waals surface area contributed by atoms with Crippen molar-refractivity contribution in [3.63, 3.8) is 0 Å². The van der Waals surface area contributed by atoms with Crippen molar-refractivity contribution in [2.45, 2.75) is 12.8 Å². The van der Waals surface area contributed by atoms with Gasteiger partial charge in [-0.2, -0.15) is 0 Å². The topological polar surface area (TPSA) is 49.4 Å². The number of halogens is 1. The molecule has 0 bridgehead atoms.